The van der Waals surface area contributed by atoms with E-state index in [4.69, 9.17) is 9.15 Å². The first-order valence-corrected chi connectivity index (χ1v) is 10.6. The van der Waals surface area contributed by atoms with E-state index in [9.17, 15) is 4.79 Å². The first-order chi connectivity index (χ1) is 14.7. The number of aromatic nitrogens is 4. The zero-order valence-corrected chi connectivity index (χ0v) is 17.2. The van der Waals surface area contributed by atoms with Crippen LogP contribution in [0.25, 0.3) is 11.0 Å². The van der Waals surface area contributed by atoms with E-state index in [1.807, 2.05) is 43.3 Å². The molecule has 2 N–H and O–H groups in total. The van der Waals surface area contributed by atoms with Crippen molar-refractivity contribution < 1.29 is 13.9 Å². The van der Waals surface area contributed by atoms with Gasteiger partial charge >= 0.3 is 0 Å². The number of fused-ring (bicyclic) bond motifs is 1. The number of benzene rings is 2. The van der Waals surface area contributed by atoms with Gasteiger partial charge in [0.2, 0.25) is 11.8 Å². The van der Waals surface area contributed by atoms with Crippen LogP contribution >= 0.6 is 11.8 Å². The van der Waals surface area contributed by atoms with Gasteiger partial charge in [-0.2, -0.15) is 0 Å². The topological polar surface area (TPSA) is 106 Å². The molecule has 0 aliphatic rings. The Morgan fingerprint density at radius 1 is 1.13 bits per heavy atom. The van der Waals surface area contributed by atoms with Gasteiger partial charge in [-0.15, -0.1) is 10.2 Å². The van der Waals surface area contributed by atoms with Crippen LogP contribution in [-0.4, -0.2) is 38.4 Å². The minimum Gasteiger partial charge on any atom is -0.494 e. The SMILES string of the molecule is CCOc1ccc(NC(=O)CSc2nnc(CCc3nc4ccccc4[nH]3)o2)cc1. The number of H-pyrrole nitrogens is 1. The summed E-state index contributed by atoms with van der Waals surface area (Å²) in [5.41, 5.74) is 2.65. The molecule has 9 heteroatoms. The highest BCUT2D eigenvalue weighted by molar-refractivity contribution is 7.99. The predicted octanol–water partition coefficient (Wildman–Crippen LogP) is 3.86. The lowest BCUT2D eigenvalue weighted by Crippen LogP contribution is -2.13. The van der Waals surface area contributed by atoms with Crippen LogP contribution in [0, 0.1) is 0 Å². The molecule has 30 heavy (non-hydrogen) atoms. The largest absolute Gasteiger partial charge is 0.494 e. The van der Waals surface area contributed by atoms with E-state index in [1.54, 1.807) is 12.1 Å². The van der Waals surface area contributed by atoms with E-state index in [1.165, 1.54) is 11.8 Å². The number of imidazole rings is 1. The molecule has 4 aromatic rings. The van der Waals surface area contributed by atoms with E-state index in [2.05, 4.69) is 25.5 Å². The number of carbonyl (C=O) groups excluding carboxylic acids is 1. The smallest absolute Gasteiger partial charge is 0.277 e. The summed E-state index contributed by atoms with van der Waals surface area (Å²) in [6, 6.07) is 15.1. The lowest BCUT2D eigenvalue weighted by atomic mass is 10.3. The lowest BCUT2D eigenvalue weighted by molar-refractivity contribution is -0.113. The molecule has 0 saturated carbocycles. The number of nitrogens with one attached hydrogen (secondary N) is 2. The number of thioether (sulfide) groups is 1. The number of aromatic amines is 1. The van der Waals surface area contributed by atoms with E-state index < -0.39 is 0 Å². The Balaban J connectivity index is 1.24. The van der Waals surface area contributed by atoms with Gasteiger partial charge in [-0.1, -0.05) is 23.9 Å². The molecule has 0 aliphatic heterocycles. The number of hydrogen-bond acceptors (Lipinski definition) is 7. The molecule has 154 valence electrons. The van der Waals surface area contributed by atoms with Crippen molar-refractivity contribution in [2.45, 2.75) is 25.0 Å². The van der Waals surface area contributed by atoms with E-state index in [-0.39, 0.29) is 11.7 Å². The molecule has 0 atom stereocenters. The number of rotatable bonds is 9. The van der Waals surface area contributed by atoms with Crippen molar-refractivity contribution in [2.24, 2.45) is 0 Å². The molecule has 0 radical (unpaired) electrons. The molecular formula is C21H21N5O3S. The van der Waals surface area contributed by atoms with Crippen LogP contribution in [0.15, 0.2) is 58.2 Å². The number of amides is 1. The van der Waals surface area contributed by atoms with E-state index >= 15 is 0 Å². The van der Waals surface area contributed by atoms with Crippen LogP contribution in [0.4, 0.5) is 5.69 Å². The minimum atomic E-state index is -0.147. The standard InChI is InChI=1S/C21H21N5O3S/c1-2-28-15-9-7-14(8-10-15)22-19(27)13-30-21-26-25-20(29-21)12-11-18-23-16-5-3-4-6-17(16)24-18/h3-10H,2,11-13H2,1H3,(H,22,27)(H,23,24). The molecule has 0 unspecified atom stereocenters. The molecule has 0 saturated heterocycles. The maximum atomic E-state index is 12.1. The summed E-state index contributed by atoms with van der Waals surface area (Å²) >= 11 is 1.20. The highest BCUT2D eigenvalue weighted by Gasteiger charge is 2.11. The summed E-state index contributed by atoms with van der Waals surface area (Å²) in [6.07, 6.45) is 1.24. The fourth-order valence-corrected chi connectivity index (χ4v) is 3.45. The third-order valence-electron chi connectivity index (χ3n) is 4.24. The van der Waals surface area contributed by atoms with Gasteiger partial charge in [0, 0.05) is 18.5 Å². The maximum Gasteiger partial charge on any atom is 0.277 e. The summed E-state index contributed by atoms with van der Waals surface area (Å²) in [5.74, 6) is 2.19. The highest BCUT2D eigenvalue weighted by atomic mass is 32.2. The number of carbonyl (C=O) groups is 1. The van der Waals surface area contributed by atoms with E-state index in [0.717, 1.165) is 22.6 Å². The fourth-order valence-electron chi connectivity index (χ4n) is 2.87. The molecule has 0 aliphatic carbocycles. The zero-order chi connectivity index (χ0) is 20.8. The van der Waals surface area contributed by atoms with Crippen LogP contribution in [0.2, 0.25) is 0 Å². The average Bonchev–Trinajstić information content (AvgIpc) is 3.39. The first kappa shape index (κ1) is 20.0. The second-order valence-corrected chi connectivity index (χ2v) is 7.38. The molecule has 8 nitrogen and oxygen atoms in total. The van der Waals surface area contributed by atoms with Crippen molar-refractivity contribution in [1.82, 2.24) is 20.2 Å². The second kappa shape index (κ2) is 9.45. The summed E-state index contributed by atoms with van der Waals surface area (Å²) in [5, 5.41) is 11.3. The van der Waals surface area contributed by atoms with Gasteiger partial charge < -0.3 is 19.5 Å². The molecule has 0 bridgehead atoms. The first-order valence-electron chi connectivity index (χ1n) is 9.61. The maximum absolute atomic E-state index is 12.1. The number of ether oxygens (including phenoxy) is 1. The second-order valence-electron chi connectivity index (χ2n) is 6.46. The normalized spacial score (nSPS) is 11.0. The number of para-hydroxylation sites is 2. The van der Waals surface area contributed by atoms with Crippen molar-refractivity contribution in [3.8, 4) is 5.75 Å². The van der Waals surface area contributed by atoms with Crippen LogP contribution in [0.5, 0.6) is 5.75 Å². The number of aryl methyl sites for hydroxylation is 2. The van der Waals surface area contributed by atoms with E-state index in [0.29, 0.717) is 36.2 Å². The Labute approximate surface area is 177 Å². The summed E-state index contributed by atoms with van der Waals surface area (Å²) < 4.78 is 11.0. The quantitative estimate of drug-likeness (QED) is 0.394. The number of hydrogen-bond donors (Lipinski definition) is 2. The van der Waals surface area contributed by atoms with Crippen molar-refractivity contribution in [3.63, 3.8) is 0 Å². The summed E-state index contributed by atoms with van der Waals surface area (Å²) in [6.45, 7) is 2.53. The van der Waals surface area contributed by atoms with Crippen molar-refractivity contribution in [3.05, 3.63) is 60.2 Å². The Bertz CT molecular complexity index is 1090. The molecule has 2 heterocycles. The fraction of sp³-hybridized carbons (Fsp3) is 0.238. The molecule has 2 aromatic heterocycles. The molecular weight excluding hydrogens is 402 g/mol. The van der Waals surface area contributed by atoms with Crippen LogP contribution in [-0.2, 0) is 17.6 Å². The Kier molecular flexibility index (Phi) is 6.29. The van der Waals surface area contributed by atoms with Gasteiger partial charge in [0.15, 0.2) is 0 Å². The van der Waals surface area contributed by atoms with Gasteiger partial charge in [-0.05, 0) is 43.3 Å². The summed E-state index contributed by atoms with van der Waals surface area (Å²) in [7, 11) is 0. The monoisotopic (exact) mass is 423 g/mol. The highest BCUT2D eigenvalue weighted by Crippen LogP contribution is 2.19. The van der Waals surface area contributed by atoms with Crippen LogP contribution in [0.1, 0.15) is 18.6 Å². The molecule has 0 spiro atoms. The molecule has 1 amide bonds. The number of anilines is 1. The van der Waals surface area contributed by atoms with Crippen molar-refractivity contribution in [2.75, 3.05) is 17.7 Å². The van der Waals surface area contributed by atoms with Gasteiger partial charge in [0.1, 0.15) is 11.6 Å². The summed E-state index contributed by atoms with van der Waals surface area (Å²) in [4.78, 5) is 20.0. The lowest BCUT2D eigenvalue weighted by Gasteiger charge is -2.06. The predicted molar refractivity (Wildman–Crippen MR) is 115 cm³/mol. The number of nitrogens with zero attached hydrogens (tertiary/aromatic N) is 3. The van der Waals surface area contributed by atoms with Crippen molar-refractivity contribution in [1.29, 1.82) is 0 Å². The Hall–Kier alpha value is -3.33. The third-order valence-corrected chi connectivity index (χ3v) is 5.06. The molecule has 2 aromatic carbocycles. The van der Waals surface area contributed by atoms with Crippen molar-refractivity contribution >= 4 is 34.4 Å². The molecule has 0 fully saturated rings. The van der Waals surface area contributed by atoms with Crippen LogP contribution < -0.4 is 10.1 Å². The Morgan fingerprint density at radius 3 is 2.77 bits per heavy atom. The van der Waals surface area contributed by atoms with Gasteiger partial charge in [-0.25, -0.2) is 4.98 Å². The average molecular weight is 423 g/mol. The van der Waals surface area contributed by atoms with Gasteiger partial charge in [-0.3, -0.25) is 4.79 Å². The van der Waals surface area contributed by atoms with Gasteiger partial charge in [0.25, 0.3) is 5.22 Å². The Morgan fingerprint density at radius 2 is 1.97 bits per heavy atom. The van der Waals surface area contributed by atoms with Crippen LogP contribution in [0.3, 0.4) is 0 Å². The minimum absolute atomic E-state index is 0.147. The third kappa shape index (κ3) is 5.18. The molecule has 4 rings (SSSR count). The van der Waals surface area contributed by atoms with Gasteiger partial charge in [0.05, 0.1) is 23.4 Å². The zero-order valence-electron chi connectivity index (χ0n) is 16.4.